The van der Waals surface area contributed by atoms with Crippen LogP contribution in [0.2, 0.25) is 0 Å². The van der Waals surface area contributed by atoms with E-state index in [4.69, 9.17) is 4.74 Å². The fourth-order valence-corrected chi connectivity index (χ4v) is 3.44. The molecule has 0 saturated heterocycles. The number of sulfonamides is 1. The smallest absolute Gasteiger partial charge is 0.245 e. The van der Waals surface area contributed by atoms with Crippen LogP contribution in [-0.2, 0) is 14.8 Å². The van der Waals surface area contributed by atoms with Crippen molar-refractivity contribution in [2.75, 3.05) is 29.0 Å². The maximum Gasteiger partial charge on any atom is 0.245 e. The number of anilines is 2. The molecule has 0 aliphatic carbocycles. The minimum Gasteiger partial charge on any atom is -0.489 e. The summed E-state index contributed by atoms with van der Waals surface area (Å²) >= 11 is 0. The lowest BCUT2D eigenvalue weighted by molar-refractivity contribution is -0.114. The highest BCUT2D eigenvalue weighted by Crippen LogP contribution is 2.25. The topological polar surface area (TPSA) is 75.7 Å². The molecule has 0 aliphatic heterocycles. The van der Waals surface area contributed by atoms with E-state index in [1.54, 1.807) is 42.5 Å². The standard InChI is InChI=1S/C20H24N2O4S/c1-5-12-26-18-10-7-9-17(13-18)21-20(23)14-22(27(4,24)25)19-11-6-8-15(2)16(19)3/h5-11,13H,1,12,14H2,2-4H3,(H,21,23). The zero-order chi connectivity index (χ0) is 20.0. The van der Waals surface area contributed by atoms with Crippen molar-refractivity contribution in [2.24, 2.45) is 0 Å². The molecule has 0 saturated carbocycles. The minimum absolute atomic E-state index is 0.319. The summed E-state index contributed by atoms with van der Waals surface area (Å²) < 4.78 is 31.1. The molecule has 0 bridgehead atoms. The molecule has 27 heavy (non-hydrogen) atoms. The Kier molecular flexibility index (Phi) is 6.63. The lowest BCUT2D eigenvalue weighted by Gasteiger charge is -2.24. The monoisotopic (exact) mass is 388 g/mol. The number of aryl methyl sites for hydroxylation is 1. The quantitative estimate of drug-likeness (QED) is 0.704. The highest BCUT2D eigenvalue weighted by Gasteiger charge is 2.22. The van der Waals surface area contributed by atoms with E-state index in [1.165, 1.54) is 0 Å². The molecule has 0 spiro atoms. The summed E-state index contributed by atoms with van der Waals surface area (Å²) in [5, 5.41) is 2.71. The molecule has 0 fully saturated rings. The third-order valence-electron chi connectivity index (χ3n) is 4.02. The Morgan fingerprint density at radius 1 is 1.22 bits per heavy atom. The normalized spacial score (nSPS) is 10.9. The maximum atomic E-state index is 12.5. The number of carbonyl (C=O) groups excluding carboxylic acids is 1. The summed E-state index contributed by atoms with van der Waals surface area (Å²) in [4.78, 5) is 12.5. The number of nitrogens with zero attached hydrogens (tertiary/aromatic N) is 1. The predicted molar refractivity (Wildman–Crippen MR) is 109 cm³/mol. The van der Waals surface area contributed by atoms with E-state index < -0.39 is 15.9 Å². The second-order valence-electron chi connectivity index (χ2n) is 6.16. The van der Waals surface area contributed by atoms with Gasteiger partial charge in [0.25, 0.3) is 0 Å². The Morgan fingerprint density at radius 2 is 1.93 bits per heavy atom. The average molecular weight is 388 g/mol. The highest BCUT2D eigenvalue weighted by atomic mass is 32.2. The molecule has 2 aromatic carbocycles. The van der Waals surface area contributed by atoms with Gasteiger partial charge in [0, 0.05) is 11.8 Å². The van der Waals surface area contributed by atoms with Crippen molar-refractivity contribution in [3.05, 3.63) is 66.2 Å². The summed E-state index contributed by atoms with van der Waals surface area (Å²) in [6, 6.07) is 12.2. The van der Waals surface area contributed by atoms with Crippen LogP contribution in [0.5, 0.6) is 5.75 Å². The van der Waals surface area contributed by atoms with Gasteiger partial charge in [-0.25, -0.2) is 8.42 Å². The number of nitrogens with one attached hydrogen (secondary N) is 1. The fraction of sp³-hybridized carbons (Fsp3) is 0.250. The second-order valence-corrected chi connectivity index (χ2v) is 8.07. The molecule has 144 valence electrons. The molecule has 6 nitrogen and oxygen atoms in total. The molecule has 7 heteroatoms. The fourth-order valence-electron chi connectivity index (χ4n) is 2.54. The highest BCUT2D eigenvalue weighted by molar-refractivity contribution is 7.92. The SMILES string of the molecule is C=CCOc1cccc(NC(=O)CN(c2cccc(C)c2C)S(C)(=O)=O)c1. The first-order valence-electron chi connectivity index (χ1n) is 8.40. The number of hydrogen-bond acceptors (Lipinski definition) is 4. The Hall–Kier alpha value is -2.80. The van der Waals surface area contributed by atoms with Gasteiger partial charge in [-0.3, -0.25) is 9.10 Å². The van der Waals surface area contributed by atoms with E-state index in [-0.39, 0.29) is 6.54 Å². The van der Waals surface area contributed by atoms with Crippen LogP contribution in [0.25, 0.3) is 0 Å². The van der Waals surface area contributed by atoms with E-state index in [9.17, 15) is 13.2 Å². The Morgan fingerprint density at radius 3 is 2.59 bits per heavy atom. The van der Waals surface area contributed by atoms with Gasteiger partial charge < -0.3 is 10.1 Å². The lowest BCUT2D eigenvalue weighted by atomic mass is 10.1. The van der Waals surface area contributed by atoms with E-state index in [1.807, 2.05) is 19.9 Å². The molecule has 1 amide bonds. The molecule has 1 N–H and O–H groups in total. The lowest BCUT2D eigenvalue weighted by Crippen LogP contribution is -2.38. The molecule has 0 aliphatic rings. The summed E-state index contributed by atoms with van der Waals surface area (Å²) in [7, 11) is -3.63. The van der Waals surface area contributed by atoms with Gasteiger partial charge in [-0.1, -0.05) is 30.9 Å². The first-order valence-corrected chi connectivity index (χ1v) is 10.2. The van der Waals surface area contributed by atoms with Crippen LogP contribution in [0.1, 0.15) is 11.1 Å². The van der Waals surface area contributed by atoms with Gasteiger partial charge in [-0.15, -0.1) is 0 Å². The van der Waals surface area contributed by atoms with Crippen molar-refractivity contribution >= 4 is 27.3 Å². The molecule has 2 aromatic rings. The van der Waals surface area contributed by atoms with Gasteiger partial charge in [0.05, 0.1) is 11.9 Å². The second kappa shape index (κ2) is 8.73. The number of ether oxygens (including phenoxy) is 1. The van der Waals surface area contributed by atoms with Gasteiger partial charge in [0.2, 0.25) is 15.9 Å². The summed E-state index contributed by atoms with van der Waals surface area (Å²) in [6.07, 6.45) is 2.71. The number of hydrogen-bond donors (Lipinski definition) is 1. The number of benzene rings is 2. The van der Waals surface area contributed by atoms with Gasteiger partial charge in [-0.05, 0) is 43.2 Å². The van der Waals surface area contributed by atoms with E-state index >= 15 is 0 Å². The first-order chi connectivity index (χ1) is 12.7. The van der Waals surface area contributed by atoms with Gasteiger partial charge in [-0.2, -0.15) is 0 Å². The average Bonchev–Trinajstić information content (AvgIpc) is 2.60. The zero-order valence-corrected chi connectivity index (χ0v) is 16.5. The zero-order valence-electron chi connectivity index (χ0n) is 15.7. The van der Waals surface area contributed by atoms with Crippen molar-refractivity contribution in [2.45, 2.75) is 13.8 Å². The van der Waals surface area contributed by atoms with Crippen LogP contribution in [0, 0.1) is 13.8 Å². The molecule has 0 aromatic heterocycles. The third kappa shape index (κ3) is 5.59. The van der Waals surface area contributed by atoms with E-state index in [0.717, 1.165) is 21.7 Å². The molecule has 0 heterocycles. The van der Waals surface area contributed by atoms with E-state index in [2.05, 4.69) is 11.9 Å². The Labute approximate surface area is 160 Å². The van der Waals surface area contributed by atoms with Crippen LogP contribution in [-0.4, -0.2) is 33.7 Å². The van der Waals surface area contributed by atoms with Crippen LogP contribution >= 0.6 is 0 Å². The van der Waals surface area contributed by atoms with Crippen LogP contribution in [0.3, 0.4) is 0 Å². The molecule has 0 radical (unpaired) electrons. The molecule has 0 unspecified atom stereocenters. The Bertz CT molecular complexity index is 939. The molecular weight excluding hydrogens is 364 g/mol. The largest absolute Gasteiger partial charge is 0.489 e. The molecule has 0 atom stereocenters. The summed E-state index contributed by atoms with van der Waals surface area (Å²) in [5.41, 5.74) is 2.79. The first kappa shape index (κ1) is 20.5. The Balaban J connectivity index is 2.20. The molecule has 2 rings (SSSR count). The summed E-state index contributed by atoms with van der Waals surface area (Å²) in [5.74, 6) is 0.143. The third-order valence-corrected chi connectivity index (χ3v) is 5.14. The number of amides is 1. The van der Waals surface area contributed by atoms with Crippen LogP contribution in [0.4, 0.5) is 11.4 Å². The van der Waals surface area contributed by atoms with Crippen molar-refractivity contribution in [1.82, 2.24) is 0 Å². The molecular formula is C20H24N2O4S. The minimum atomic E-state index is -3.63. The van der Waals surface area contributed by atoms with Crippen LogP contribution in [0.15, 0.2) is 55.1 Å². The van der Waals surface area contributed by atoms with Crippen molar-refractivity contribution in [3.8, 4) is 5.75 Å². The van der Waals surface area contributed by atoms with Crippen LogP contribution < -0.4 is 14.4 Å². The summed E-state index contributed by atoms with van der Waals surface area (Å²) in [6.45, 7) is 7.35. The van der Waals surface area contributed by atoms with Crippen molar-refractivity contribution in [1.29, 1.82) is 0 Å². The van der Waals surface area contributed by atoms with Gasteiger partial charge in [0.15, 0.2) is 0 Å². The van der Waals surface area contributed by atoms with Gasteiger partial charge >= 0.3 is 0 Å². The van der Waals surface area contributed by atoms with Crippen molar-refractivity contribution < 1.29 is 17.9 Å². The number of rotatable bonds is 8. The number of carbonyl (C=O) groups is 1. The van der Waals surface area contributed by atoms with E-state index in [0.29, 0.717) is 23.7 Å². The predicted octanol–water partition coefficient (Wildman–Crippen LogP) is 3.27. The maximum absolute atomic E-state index is 12.5. The van der Waals surface area contributed by atoms with Gasteiger partial charge in [0.1, 0.15) is 18.9 Å². The van der Waals surface area contributed by atoms with Crippen molar-refractivity contribution in [3.63, 3.8) is 0 Å².